The first-order valence-corrected chi connectivity index (χ1v) is 5.97. The predicted octanol–water partition coefficient (Wildman–Crippen LogP) is 2.93. The lowest BCUT2D eigenvalue weighted by Crippen LogP contribution is -2.52. The van der Waals surface area contributed by atoms with Crippen LogP contribution < -0.4 is 19.9 Å². The summed E-state index contributed by atoms with van der Waals surface area (Å²) in [6.45, 7) is 0. The fourth-order valence-electron chi connectivity index (χ4n) is 2.02. The molecule has 2 aliphatic rings. The minimum Gasteiger partial charge on any atom is -0.490 e. The first-order chi connectivity index (χ1) is 9.27. The van der Waals surface area contributed by atoms with E-state index in [4.69, 9.17) is 10.5 Å². The third-order valence-corrected chi connectivity index (χ3v) is 3.16. The molecule has 1 aromatic rings. The molecule has 0 unspecified atom stereocenters. The lowest BCUT2D eigenvalue weighted by atomic mass is 9.90. The van der Waals surface area contributed by atoms with E-state index < -0.39 is 23.7 Å². The second-order valence-corrected chi connectivity index (χ2v) is 4.82. The predicted molar refractivity (Wildman–Crippen MR) is 66.5 cm³/mol. The van der Waals surface area contributed by atoms with Crippen molar-refractivity contribution in [2.24, 2.45) is 5.73 Å². The van der Waals surface area contributed by atoms with E-state index in [1.165, 1.54) is 6.07 Å². The summed E-state index contributed by atoms with van der Waals surface area (Å²) in [6.07, 6.45) is -8.22. The van der Waals surface area contributed by atoms with Crippen LogP contribution in [-0.4, -0.2) is 24.4 Å². The topological polar surface area (TPSA) is 53.7 Å². The number of ether oxygens (including phenoxy) is 3. The van der Waals surface area contributed by atoms with Crippen LogP contribution in [0.3, 0.4) is 0 Å². The maximum absolute atomic E-state index is 13.0. The van der Waals surface area contributed by atoms with Crippen LogP contribution in [0.4, 0.5) is 17.6 Å². The Bertz CT molecular complexity index is 537. The summed E-state index contributed by atoms with van der Waals surface area (Å²) in [6, 6.07) is 3.63. The van der Waals surface area contributed by atoms with Gasteiger partial charge in [0.2, 0.25) is 0 Å². The van der Waals surface area contributed by atoms with E-state index >= 15 is 0 Å². The van der Waals surface area contributed by atoms with Crippen molar-refractivity contribution in [2.45, 2.75) is 37.2 Å². The third kappa shape index (κ3) is 2.82. The highest BCUT2D eigenvalue weighted by Gasteiger charge is 2.65. The van der Waals surface area contributed by atoms with E-state index in [1.54, 1.807) is 0 Å². The van der Waals surface area contributed by atoms with Gasteiger partial charge in [0.05, 0.1) is 0 Å². The third-order valence-electron chi connectivity index (χ3n) is 3.16. The number of hydrogen-bond donors (Lipinski definition) is 1. The summed E-state index contributed by atoms with van der Waals surface area (Å²) in [7, 11) is 0. The Morgan fingerprint density at radius 3 is 2.19 bits per heavy atom. The van der Waals surface area contributed by atoms with Crippen molar-refractivity contribution < 1.29 is 31.8 Å². The Hall–Kier alpha value is -1.41. The molecule has 0 spiro atoms. The Morgan fingerprint density at radius 2 is 1.62 bits per heavy atom. The maximum atomic E-state index is 13.0. The van der Waals surface area contributed by atoms with Crippen molar-refractivity contribution in [3.63, 3.8) is 0 Å². The standard InChI is InChI=1S/C12H11F4NO3.ClH/c13-11(14)12(15,16)20-10-5-7(1-2-9(10)19-11)18-8-3-6(17)4-8;/h1-2,5-6,8H,3-4,17H2;1H. The Labute approximate surface area is 123 Å². The minimum absolute atomic E-state index is 0. The number of alkyl halides is 4. The molecule has 0 atom stereocenters. The highest BCUT2D eigenvalue weighted by Crippen LogP contribution is 2.48. The SMILES string of the molecule is Cl.NC1CC(Oc2ccc3c(c2)OC(F)(F)C(F)(F)O3)C1. The van der Waals surface area contributed by atoms with Crippen LogP contribution in [0, 0.1) is 0 Å². The quantitative estimate of drug-likeness (QED) is 0.848. The van der Waals surface area contributed by atoms with Crippen molar-refractivity contribution in [3.8, 4) is 17.2 Å². The molecule has 4 nitrogen and oxygen atoms in total. The molecule has 1 saturated carbocycles. The van der Waals surface area contributed by atoms with E-state index in [9.17, 15) is 17.6 Å². The van der Waals surface area contributed by atoms with Crippen molar-refractivity contribution in [1.82, 2.24) is 0 Å². The number of hydrogen-bond acceptors (Lipinski definition) is 4. The van der Waals surface area contributed by atoms with Gasteiger partial charge in [-0.2, -0.15) is 17.6 Å². The summed E-state index contributed by atoms with van der Waals surface area (Å²) in [5.74, 6) is -0.703. The van der Waals surface area contributed by atoms with Gasteiger partial charge in [-0.3, -0.25) is 0 Å². The molecular weight excluding hydrogens is 318 g/mol. The molecule has 0 bridgehead atoms. The zero-order valence-electron chi connectivity index (χ0n) is 10.5. The van der Waals surface area contributed by atoms with Crippen LogP contribution in [0.5, 0.6) is 17.2 Å². The normalized spacial score (nSPS) is 28.0. The summed E-state index contributed by atoms with van der Waals surface area (Å²) in [5, 5.41) is 0. The number of benzene rings is 1. The second kappa shape index (κ2) is 5.10. The van der Waals surface area contributed by atoms with Crippen LogP contribution in [0.2, 0.25) is 0 Å². The van der Waals surface area contributed by atoms with Gasteiger partial charge in [0.1, 0.15) is 11.9 Å². The zero-order valence-corrected chi connectivity index (χ0v) is 11.3. The van der Waals surface area contributed by atoms with E-state index in [2.05, 4.69) is 9.47 Å². The van der Waals surface area contributed by atoms with Crippen LogP contribution in [-0.2, 0) is 0 Å². The smallest absolute Gasteiger partial charge is 0.490 e. The summed E-state index contributed by atoms with van der Waals surface area (Å²) >= 11 is 0. The van der Waals surface area contributed by atoms with E-state index in [1.807, 2.05) is 0 Å². The van der Waals surface area contributed by atoms with Crippen LogP contribution in [0.15, 0.2) is 18.2 Å². The van der Waals surface area contributed by atoms with Gasteiger partial charge in [-0.1, -0.05) is 0 Å². The van der Waals surface area contributed by atoms with Gasteiger partial charge < -0.3 is 19.9 Å². The average molecular weight is 330 g/mol. The highest BCUT2D eigenvalue weighted by molar-refractivity contribution is 5.85. The number of rotatable bonds is 2. The van der Waals surface area contributed by atoms with Crippen LogP contribution in [0.1, 0.15) is 12.8 Å². The molecule has 1 aliphatic heterocycles. The van der Waals surface area contributed by atoms with Gasteiger partial charge in [-0.05, 0) is 25.0 Å². The fraction of sp³-hybridized carbons (Fsp3) is 0.500. The molecule has 2 N–H and O–H groups in total. The van der Waals surface area contributed by atoms with Gasteiger partial charge in [-0.25, -0.2) is 0 Å². The van der Waals surface area contributed by atoms with Gasteiger partial charge in [0, 0.05) is 12.1 Å². The molecular formula is C12H12ClF4NO3. The summed E-state index contributed by atoms with van der Waals surface area (Å²) in [5.41, 5.74) is 5.59. The highest BCUT2D eigenvalue weighted by atomic mass is 35.5. The van der Waals surface area contributed by atoms with Crippen molar-refractivity contribution >= 4 is 12.4 Å². The number of fused-ring (bicyclic) bond motifs is 1. The first-order valence-electron chi connectivity index (χ1n) is 5.97. The monoisotopic (exact) mass is 329 g/mol. The summed E-state index contributed by atoms with van der Waals surface area (Å²) < 4.78 is 65.4. The van der Waals surface area contributed by atoms with Gasteiger partial charge in [0.25, 0.3) is 0 Å². The number of halogens is 5. The molecule has 9 heteroatoms. The fourth-order valence-corrected chi connectivity index (χ4v) is 2.02. The van der Waals surface area contributed by atoms with E-state index in [-0.39, 0.29) is 30.3 Å². The molecule has 0 radical (unpaired) electrons. The second-order valence-electron chi connectivity index (χ2n) is 4.82. The van der Waals surface area contributed by atoms with Crippen molar-refractivity contribution in [2.75, 3.05) is 0 Å². The lowest BCUT2D eigenvalue weighted by molar-refractivity contribution is -0.391. The van der Waals surface area contributed by atoms with Gasteiger partial charge >= 0.3 is 12.2 Å². The molecule has 0 amide bonds. The summed E-state index contributed by atoms with van der Waals surface area (Å²) in [4.78, 5) is 0. The van der Waals surface area contributed by atoms with E-state index in [0.717, 1.165) is 12.1 Å². The van der Waals surface area contributed by atoms with Gasteiger partial charge in [-0.15, -0.1) is 12.4 Å². The van der Waals surface area contributed by atoms with Gasteiger partial charge in [0.15, 0.2) is 11.5 Å². The first kappa shape index (κ1) is 16.0. The Morgan fingerprint density at radius 1 is 1.05 bits per heavy atom. The minimum atomic E-state index is -4.72. The lowest BCUT2D eigenvalue weighted by Gasteiger charge is -2.34. The Kier molecular flexibility index (Phi) is 3.88. The molecule has 3 rings (SSSR count). The molecule has 21 heavy (non-hydrogen) atoms. The maximum Gasteiger partial charge on any atom is 0.507 e. The zero-order chi connectivity index (χ0) is 14.5. The average Bonchev–Trinajstić information content (AvgIpc) is 2.28. The molecule has 0 aromatic heterocycles. The molecule has 0 saturated heterocycles. The van der Waals surface area contributed by atoms with Crippen LogP contribution >= 0.6 is 12.4 Å². The Balaban J connectivity index is 0.00000161. The number of nitrogens with two attached hydrogens (primary N) is 1. The van der Waals surface area contributed by atoms with Crippen molar-refractivity contribution in [3.05, 3.63) is 18.2 Å². The molecule has 1 aliphatic carbocycles. The van der Waals surface area contributed by atoms with E-state index in [0.29, 0.717) is 12.8 Å². The van der Waals surface area contributed by atoms with Crippen LogP contribution in [0.25, 0.3) is 0 Å². The largest absolute Gasteiger partial charge is 0.507 e. The molecule has 1 heterocycles. The molecule has 1 aromatic carbocycles. The molecule has 1 fully saturated rings. The van der Waals surface area contributed by atoms with Crippen molar-refractivity contribution in [1.29, 1.82) is 0 Å². The molecule has 118 valence electrons.